The van der Waals surface area contributed by atoms with Gasteiger partial charge >= 0.3 is 12.1 Å². The van der Waals surface area contributed by atoms with Crippen LogP contribution in [0.3, 0.4) is 0 Å². The van der Waals surface area contributed by atoms with Crippen LogP contribution < -0.4 is 4.90 Å². The summed E-state index contributed by atoms with van der Waals surface area (Å²) >= 11 is 0. The van der Waals surface area contributed by atoms with Gasteiger partial charge in [-0.25, -0.2) is 9.97 Å². The van der Waals surface area contributed by atoms with Gasteiger partial charge in [0, 0.05) is 24.8 Å². The largest absolute Gasteiger partial charge is 0.481 e. The van der Waals surface area contributed by atoms with Crippen molar-refractivity contribution < 1.29 is 23.1 Å². The summed E-state index contributed by atoms with van der Waals surface area (Å²) in [6, 6.07) is 1.56. The topological polar surface area (TPSA) is 66.3 Å². The number of nitrogens with zero attached hydrogens (tertiary/aromatic N) is 3. The van der Waals surface area contributed by atoms with Crippen molar-refractivity contribution in [1.82, 2.24) is 9.97 Å². The van der Waals surface area contributed by atoms with Crippen LogP contribution in [-0.2, 0) is 4.79 Å². The van der Waals surface area contributed by atoms with E-state index >= 15 is 0 Å². The summed E-state index contributed by atoms with van der Waals surface area (Å²) in [4.78, 5) is 20.6. The predicted molar refractivity (Wildman–Crippen MR) is 64.5 cm³/mol. The van der Waals surface area contributed by atoms with E-state index in [4.69, 9.17) is 5.11 Å². The van der Waals surface area contributed by atoms with Gasteiger partial charge in [0.05, 0.1) is 0 Å². The van der Waals surface area contributed by atoms with Crippen molar-refractivity contribution in [2.75, 3.05) is 18.0 Å². The molecule has 1 aromatic rings. The van der Waals surface area contributed by atoms with Crippen molar-refractivity contribution in [2.45, 2.75) is 26.4 Å². The first kappa shape index (κ1) is 14.5. The molecular formula is C12H14F3N3O2. The van der Waals surface area contributed by atoms with Crippen LogP contribution in [0.4, 0.5) is 19.0 Å². The lowest BCUT2D eigenvalue weighted by Crippen LogP contribution is -2.47. The van der Waals surface area contributed by atoms with Crippen LogP contribution in [0.1, 0.15) is 17.9 Å². The fourth-order valence-corrected chi connectivity index (χ4v) is 2.39. The molecule has 0 aliphatic carbocycles. The van der Waals surface area contributed by atoms with Crippen LogP contribution in [-0.4, -0.2) is 40.3 Å². The molecule has 2 heterocycles. The summed E-state index contributed by atoms with van der Waals surface area (Å²) in [5.41, 5.74) is -2.09. The Kier molecular flexibility index (Phi) is 3.35. The fourth-order valence-electron chi connectivity index (χ4n) is 2.39. The van der Waals surface area contributed by atoms with E-state index in [-0.39, 0.29) is 6.54 Å². The second-order valence-electron chi connectivity index (χ2n) is 4.97. The maximum Gasteiger partial charge on any atom is 0.406 e. The summed E-state index contributed by atoms with van der Waals surface area (Å²) in [5, 5.41) is 8.99. The number of carbonyl (C=O) groups is 1. The van der Waals surface area contributed by atoms with Gasteiger partial charge in [0.2, 0.25) is 0 Å². The summed E-state index contributed by atoms with van der Waals surface area (Å²) in [6.07, 6.45) is -5.27. The monoisotopic (exact) mass is 289 g/mol. The zero-order valence-electron chi connectivity index (χ0n) is 11.0. The van der Waals surface area contributed by atoms with Crippen molar-refractivity contribution in [1.29, 1.82) is 0 Å². The Labute approximate surface area is 113 Å². The molecule has 0 aromatic carbocycles. The zero-order chi connectivity index (χ0) is 15.1. The summed E-state index contributed by atoms with van der Waals surface area (Å²) in [7, 11) is 0. The van der Waals surface area contributed by atoms with Crippen molar-refractivity contribution in [3.63, 3.8) is 0 Å². The van der Waals surface area contributed by atoms with Gasteiger partial charge in [-0.15, -0.1) is 0 Å². The molecule has 1 aliphatic rings. The number of aliphatic carboxylic acids is 1. The SMILES string of the molecule is Cc1cc(N2CCC(C(=O)O)(C(F)(F)F)C2)nc(C)n1. The van der Waals surface area contributed by atoms with Gasteiger partial charge in [-0.1, -0.05) is 0 Å². The molecule has 1 saturated heterocycles. The third-order valence-corrected chi connectivity index (χ3v) is 3.50. The third kappa shape index (κ3) is 2.30. The highest BCUT2D eigenvalue weighted by Gasteiger charge is 2.63. The summed E-state index contributed by atoms with van der Waals surface area (Å²) in [6.45, 7) is 2.73. The van der Waals surface area contributed by atoms with Crippen molar-refractivity contribution in [3.05, 3.63) is 17.6 Å². The quantitative estimate of drug-likeness (QED) is 0.901. The first-order valence-corrected chi connectivity index (χ1v) is 6.03. The Morgan fingerprint density at radius 3 is 2.50 bits per heavy atom. The number of alkyl halides is 3. The summed E-state index contributed by atoms with van der Waals surface area (Å²) < 4.78 is 39.2. The number of hydrogen-bond acceptors (Lipinski definition) is 4. The molecule has 0 amide bonds. The normalized spacial score (nSPS) is 23.1. The first-order chi connectivity index (χ1) is 9.15. The van der Waals surface area contributed by atoms with E-state index < -0.39 is 30.5 Å². The molecule has 1 aliphatic heterocycles. The van der Waals surface area contributed by atoms with Crippen molar-refractivity contribution in [2.24, 2.45) is 5.41 Å². The molecule has 2 rings (SSSR count). The summed E-state index contributed by atoms with van der Waals surface area (Å²) in [5.74, 6) is -1.06. The Bertz CT molecular complexity index is 527. The standard InChI is InChI=1S/C12H14F3N3O2/c1-7-5-9(17-8(2)16-7)18-4-3-11(6-18,10(19)20)12(13,14)15/h5H,3-4,6H2,1-2H3,(H,19,20). The molecule has 5 nitrogen and oxygen atoms in total. The average molecular weight is 289 g/mol. The highest BCUT2D eigenvalue weighted by atomic mass is 19.4. The molecule has 1 unspecified atom stereocenters. The van der Waals surface area contributed by atoms with E-state index in [2.05, 4.69) is 9.97 Å². The smallest absolute Gasteiger partial charge is 0.406 e. The Balaban J connectivity index is 2.33. The van der Waals surface area contributed by atoms with Crippen LogP contribution in [0.5, 0.6) is 0 Å². The molecule has 1 fully saturated rings. The van der Waals surface area contributed by atoms with E-state index in [9.17, 15) is 18.0 Å². The lowest BCUT2D eigenvalue weighted by molar-refractivity contribution is -0.225. The second kappa shape index (κ2) is 4.60. The maximum absolute atomic E-state index is 13.1. The number of aromatic nitrogens is 2. The molecule has 1 N–H and O–H groups in total. The van der Waals surface area contributed by atoms with Gasteiger partial charge in [0.1, 0.15) is 11.6 Å². The molecule has 0 saturated carbocycles. The molecular weight excluding hydrogens is 275 g/mol. The first-order valence-electron chi connectivity index (χ1n) is 6.03. The van der Waals surface area contributed by atoms with Gasteiger partial charge in [-0.3, -0.25) is 4.79 Å². The number of rotatable bonds is 2. The lowest BCUT2D eigenvalue weighted by atomic mass is 9.86. The van der Waals surface area contributed by atoms with Crippen LogP contribution in [0.25, 0.3) is 0 Å². The molecule has 0 spiro atoms. The van der Waals surface area contributed by atoms with Gasteiger partial charge in [-0.05, 0) is 20.3 Å². The molecule has 1 atom stereocenters. The van der Waals surface area contributed by atoms with E-state index in [0.29, 0.717) is 17.3 Å². The predicted octanol–water partition coefficient (Wildman–Crippen LogP) is 1.94. The minimum atomic E-state index is -4.79. The second-order valence-corrected chi connectivity index (χ2v) is 4.97. The van der Waals surface area contributed by atoms with Gasteiger partial charge in [0.25, 0.3) is 0 Å². The number of anilines is 1. The minimum absolute atomic E-state index is 0.00169. The molecule has 20 heavy (non-hydrogen) atoms. The Morgan fingerprint density at radius 1 is 1.40 bits per heavy atom. The van der Waals surface area contributed by atoms with Crippen LogP contribution >= 0.6 is 0 Å². The number of aryl methyl sites for hydroxylation is 2. The zero-order valence-corrected chi connectivity index (χ0v) is 11.0. The number of halogens is 3. The van der Waals surface area contributed by atoms with Crippen molar-refractivity contribution >= 4 is 11.8 Å². The van der Waals surface area contributed by atoms with E-state index in [1.54, 1.807) is 19.9 Å². The number of carboxylic acid groups (broad SMARTS) is 1. The van der Waals surface area contributed by atoms with Crippen molar-refractivity contribution in [3.8, 4) is 0 Å². The molecule has 110 valence electrons. The highest BCUT2D eigenvalue weighted by Crippen LogP contribution is 2.46. The average Bonchev–Trinajstić information content (AvgIpc) is 2.72. The number of carboxylic acids is 1. The van der Waals surface area contributed by atoms with Gasteiger partial charge in [-0.2, -0.15) is 13.2 Å². The molecule has 0 radical (unpaired) electrons. The highest BCUT2D eigenvalue weighted by molar-refractivity contribution is 5.77. The minimum Gasteiger partial charge on any atom is -0.481 e. The molecule has 8 heteroatoms. The van der Waals surface area contributed by atoms with E-state index in [1.807, 2.05) is 0 Å². The van der Waals surface area contributed by atoms with E-state index in [1.165, 1.54) is 4.90 Å². The van der Waals surface area contributed by atoms with Crippen LogP contribution in [0.15, 0.2) is 6.07 Å². The van der Waals surface area contributed by atoms with Gasteiger partial charge in [0.15, 0.2) is 5.41 Å². The Morgan fingerprint density at radius 2 is 2.05 bits per heavy atom. The fraction of sp³-hybridized carbons (Fsp3) is 0.583. The lowest BCUT2D eigenvalue weighted by Gasteiger charge is -2.27. The molecule has 1 aromatic heterocycles. The Hall–Kier alpha value is -1.86. The van der Waals surface area contributed by atoms with Crippen LogP contribution in [0, 0.1) is 19.3 Å². The van der Waals surface area contributed by atoms with Crippen LogP contribution in [0.2, 0.25) is 0 Å². The third-order valence-electron chi connectivity index (χ3n) is 3.50. The maximum atomic E-state index is 13.1. The van der Waals surface area contributed by atoms with Gasteiger partial charge < -0.3 is 10.0 Å². The molecule has 0 bridgehead atoms. The number of hydrogen-bond donors (Lipinski definition) is 1. The van der Waals surface area contributed by atoms with E-state index in [0.717, 1.165) is 0 Å².